The Bertz CT molecular complexity index is 552. The van der Waals surface area contributed by atoms with Gasteiger partial charge in [-0.15, -0.1) is 0 Å². The molecule has 0 saturated heterocycles. The Morgan fingerprint density at radius 1 is 1.15 bits per heavy atom. The van der Waals surface area contributed by atoms with Crippen molar-refractivity contribution in [3.63, 3.8) is 0 Å². The second-order valence-corrected chi connectivity index (χ2v) is 5.35. The van der Waals surface area contributed by atoms with E-state index < -0.39 is 0 Å². The predicted octanol–water partition coefficient (Wildman–Crippen LogP) is 2.96. The van der Waals surface area contributed by atoms with Crippen LogP contribution in [0, 0.1) is 0 Å². The molecule has 1 heterocycles. The van der Waals surface area contributed by atoms with Crippen molar-refractivity contribution in [2.24, 2.45) is 0 Å². The van der Waals surface area contributed by atoms with Gasteiger partial charge >= 0.3 is 0 Å². The zero-order chi connectivity index (χ0) is 13.8. The van der Waals surface area contributed by atoms with Gasteiger partial charge < -0.3 is 10.1 Å². The molecule has 0 radical (unpaired) electrons. The predicted molar refractivity (Wildman–Crippen MR) is 77.7 cm³/mol. The molecule has 2 aromatic rings. The second-order valence-electron chi connectivity index (χ2n) is 4.92. The van der Waals surface area contributed by atoms with Crippen molar-refractivity contribution in [2.75, 3.05) is 0 Å². The molecule has 1 aliphatic rings. The Kier molecular flexibility index (Phi) is 4.14. The normalized spacial score (nSPS) is 14.2. The third-order valence-corrected chi connectivity index (χ3v) is 3.38. The Morgan fingerprint density at radius 2 is 1.95 bits per heavy atom. The van der Waals surface area contributed by atoms with E-state index in [1.807, 2.05) is 24.3 Å². The van der Waals surface area contributed by atoms with Crippen LogP contribution in [0.4, 0.5) is 0 Å². The Morgan fingerprint density at radius 3 is 2.60 bits per heavy atom. The lowest BCUT2D eigenvalue weighted by atomic mass is 10.2. The molecule has 1 aliphatic carbocycles. The van der Waals surface area contributed by atoms with Gasteiger partial charge in [0.05, 0.1) is 18.1 Å². The van der Waals surface area contributed by atoms with Crippen molar-refractivity contribution in [1.29, 1.82) is 0 Å². The van der Waals surface area contributed by atoms with Crippen LogP contribution in [0.3, 0.4) is 0 Å². The molecule has 0 bridgehead atoms. The van der Waals surface area contributed by atoms with Crippen LogP contribution in [-0.2, 0) is 13.2 Å². The van der Waals surface area contributed by atoms with Gasteiger partial charge in [-0.25, -0.2) is 4.98 Å². The van der Waals surface area contributed by atoms with E-state index in [9.17, 15) is 0 Å². The quantitative estimate of drug-likeness (QED) is 0.888. The first-order valence-electron chi connectivity index (χ1n) is 6.71. The highest BCUT2D eigenvalue weighted by molar-refractivity contribution is 6.30. The van der Waals surface area contributed by atoms with E-state index in [4.69, 9.17) is 16.3 Å². The van der Waals surface area contributed by atoms with Gasteiger partial charge in [0, 0.05) is 17.6 Å². The first-order chi connectivity index (χ1) is 9.79. The lowest BCUT2D eigenvalue weighted by Crippen LogP contribution is -2.16. The summed E-state index contributed by atoms with van der Waals surface area (Å²) >= 11 is 5.83. The average molecular weight is 290 g/mol. The molecule has 1 fully saturated rings. The lowest BCUT2D eigenvalue weighted by Gasteiger charge is -2.06. The number of rotatable bonds is 6. The minimum absolute atomic E-state index is 0.464. The van der Waals surface area contributed by atoms with Gasteiger partial charge in [-0.05, 0) is 30.5 Å². The number of halogens is 1. The SMILES string of the molecule is Clc1ccc(COc2cnc(CNC3CC3)cn2)cc1. The third-order valence-electron chi connectivity index (χ3n) is 3.13. The smallest absolute Gasteiger partial charge is 0.232 e. The minimum Gasteiger partial charge on any atom is -0.472 e. The van der Waals surface area contributed by atoms with Crippen LogP contribution in [0.5, 0.6) is 5.88 Å². The van der Waals surface area contributed by atoms with Crippen molar-refractivity contribution < 1.29 is 4.74 Å². The van der Waals surface area contributed by atoms with E-state index in [2.05, 4.69) is 15.3 Å². The number of nitrogens with one attached hydrogen (secondary N) is 1. The molecular formula is C15H16ClN3O. The number of hydrogen-bond donors (Lipinski definition) is 1. The van der Waals surface area contributed by atoms with E-state index in [-0.39, 0.29) is 0 Å². The Balaban J connectivity index is 1.50. The topological polar surface area (TPSA) is 47.0 Å². The van der Waals surface area contributed by atoms with Crippen LogP contribution >= 0.6 is 11.6 Å². The molecule has 0 amide bonds. The summed E-state index contributed by atoms with van der Waals surface area (Å²) in [4.78, 5) is 8.59. The van der Waals surface area contributed by atoms with Gasteiger partial charge in [-0.2, -0.15) is 0 Å². The van der Waals surface area contributed by atoms with Crippen molar-refractivity contribution in [3.8, 4) is 5.88 Å². The molecule has 5 heteroatoms. The highest BCUT2D eigenvalue weighted by atomic mass is 35.5. The van der Waals surface area contributed by atoms with Crippen LogP contribution < -0.4 is 10.1 Å². The third kappa shape index (κ3) is 3.92. The maximum absolute atomic E-state index is 5.83. The van der Waals surface area contributed by atoms with Crippen LogP contribution in [-0.4, -0.2) is 16.0 Å². The van der Waals surface area contributed by atoms with E-state index in [0.717, 1.165) is 22.8 Å². The summed E-state index contributed by atoms with van der Waals surface area (Å²) < 4.78 is 5.59. The van der Waals surface area contributed by atoms with Crippen molar-refractivity contribution in [3.05, 3.63) is 52.9 Å². The van der Waals surface area contributed by atoms with Crippen LogP contribution in [0.15, 0.2) is 36.7 Å². The number of nitrogens with zero attached hydrogens (tertiary/aromatic N) is 2. The Hall–Kier alpha value is -1.65. The Labute approximate surface area is 123 Å². The van der Waals surface area contributed by atoms with E-state index in [1.165, 1.54) is 12.8 Å². The zero-order valence-corrected chi connectivity index (χ0v) is 11.8. The van der Waals surface area contributed by atoms with Crippen molar-refractivity contribution >= 4 is 11.6 Å². The fourth-order valence-electron chi connectivity index (χ4n) is 1.78. The fourth-order valence-corrected chi connectivity index (χ4v) is 1.91. The molecule has 0 aliphatic heterocycles. The highest BCUT2D eigenvalue weighted by Crippen LogP contribution is 2.19. The molecule has 0 unspecified atom stereocenters. The van der Waals surface area contributed by atoms with Crippen molar-refractivity contribution in [2.45, 2.75) is 32.0 Å². The molecule has 1 aromatic heterocycles. The van der Waals surface area contributed by atoms with Gasteiger partial charge in [-0.3, -0.25) is 4.98 Å². The summed E-state index contributed by atoms with van der Waals surface area (Å²) in [5, 5.41) is 4.12. The van der Waals surface area contributed by atoms with Crippen LogP contribution in [0.2, 0.25) is 5.02 Å². The number of ether oxygens (including phenoxy) is 1. The van der Waals surface area contributed by atoms with E-state index >= 15 is 0 Å². The number of benzene rings is 1. The molecule has 20 heavy (non-hydrogen) atoms. The van der Waals surface area contributed by atoms with Gasteiger partial charge in [0.1, 0.15) is 6.61 Å². The molecule has 0 spiro atoms. The first kappa shape index (κ1) is 13.3. The van der Waals surface area contributed by atoms with Crippen molar-refractivity contribution in [1.82, 2.24) is 15.3 Å². The lowest BCUT2D eigenvalue weighted by molar-refractivity contribution is 0.292. The number of hydrogen-bond acceptors (Lipinski definition) is 4. The average Bonchev–Trinajstić information content (AvgIpc) is 3.30. The van der Waals surface area contributed by atoms with Crippen LogP contribution in [0.25, 0.3) is 0 Å². The largest absolute Gasteiger partial charge is 0.472 e. The summed E-state index contributed by atoms with van der Waals surface area (Å²) in [5.74, 6) is 0.537. The van der Waals surface area contributed by atoms with Gasteiger partial charge in [0.2, 0.25) is 5.88 Å². The molecule has 1 N–H and O–H groups in total. The zero-order valence-electron chi connectivity index (χ0n) is 11.1. The minimum atomic E-state index is 0.464. The van der Waals surface area contributed by atoms with Crippen LogP contribution in [0.1, 0.15) is 24.1 Å². The monoisotopic (exact) mass is 289 g/mol. The van der Waals surface area contributed by atoms with Gasteiger partial charge in [0.15, 0.2) is 0 Å². The van der Waals surface area contributed by atoms with Gasteiger partial charge in [-0.1, -0.05) is 23.7 Å². The summed E-state index contributed by atoms with van der Waals surface area (Å²) in [6, 6.07) is 8.24. The molecule has 4 nitrogen and oxygen atoms in total. The molecule has 0 atom stereocenters. The van der Waals surface area contributed by atoms with Gasteiger partial charge in [0.25, 0.3) is 0 Å². The number of aromatic nitrogens is 2. The summed E-state index contributed by atoms with van der Waals surface area (Å²) in [6.45, 7) is 1.24. The maximum atomic E-state index is 5.83. The molecular weight excluding hydrogens is 274 g/mol. The fraction of sp³-hybridized carbons (Fsp3) is 0.333. The molecule has 104 valence electrons. The summed E-state index contributed by atoms with van der Waals surface area (Å²) in [7, 11) is 0. The van der Waals surface area contributed by atoms with E-state index in [1.54, 1.807) is 12.4 Å². The maximum Gasteiger partial charge on any atom is 0.232 e. The standard InChI is InChI=1S/C15H16ClN3O/c16-12-3-1-11(2-4-12)10-20-15-9-18-14(8-19-15)7-17-13-5-6-13/h1-4,8-9,13,17H,5-7,10H2. The van der Waals surface area contributed by atoms with E-state index in [0.29, 0.717) is 18.5 Å². The summed E-state index contributed by atoms with van der Waals surface area (Å²) in [6.07, 6.45) is 5.97. The first-order valence-corrected chi connectivity index (χ1v) is 7.09. The highest BCUT2D eigenvalue weighted by Gasteiger charge is 2.20. The molecule has 1 aromatic carbocycles. The molecule has 1 saturated carbocycles. The molecule has 3 rings (SSSR count). The summed E-state index contributed by atoms with van der Waals surface area (Å²) in [5.41, 5.74) is 1.99. The second kappa shape index (κ2) is 6.20.